The van der Waals surface area contributed by atoms with Crippen molar-refractivity contribution in [3.63, 3.8) is 0 Å². The number of rotatable bonds is 16. The molecule has 0 aliphatic carbocycles. The number of aryl methyl sites for hydroxylation is 2. The third-order valence-corrected chi connectivity index (χ3v) is 9.46. The lowest BCUT2D eigenvalue weighted by molar-refractivity contribution is -0.0720. The summed E-state index contributed by atoms with van der Waals surface area (Å²) in [5.41, 5.74) is -1.58. The van der Waals surface area contributed by atoms with E-state index in [1.807, 2.05) is 13.8 Å². The molecule has 0 bridgehead atoms. The number of phosphoric acid groups is 1. The zero-order chi connectivity index (χ0) is 35.1. The number of para-hydroxylation sites is 1. The third-order valence-electron chi connectivity index (χ3n) is 8.10. The second-order valence-electron chi connectivity index (χ2n) is 11.9. The van der Waals surface area contributed by atoms with E-state index in [4.69, 9.17) is 32.5 Å². The fraction of sp³-hybridized carbons (Fsp3) is 0.562. The maximum atomic E-state index is 14.3. The molecule has 0 saturated carbocycles. The van der Waals surface area contributed by atoms with Gasteiger partial charge in [-0.05, 0) is 38.8 Å². The average molecular weight is 707 g/mol. The number of benzene rings is 1. The molecule has 2 fully saturated rings. The molecular formula is C32H43N4O12P. The highest BCUT2D eigenvalue weighted by atomic mass is 31.2. The molecule has 0 radical (unpaired) electrons. The van der Waals surface area contributed by atoms with E-state index in [2.05, 4.69) is 9.97 Å². The zero-order valence-electron chi connectivity index (χ0n) is 27.9. The number of phosphoric ester groups is 1. The van der Waals surface area contributed by atoms with E-state index in [1.165, 1.54) is 21.5 Å². The van der Waals surface area contributed by atoms with Gasteiger partial charge in [0.1, 0.15) is 30.4 Å². The number of hydrogen-bond donors (Lipinski definition) is 2. The molecule has 49 heavy (non-hydrogen) atoms. The second kappa shape index (κ2) is 16.4. The molecular weight excluding hydrogens is 663 g/mol. The molecule has 4 heterocycles. The first kappa shape index (κ1) is 36.6. The Morgan fingerprint density at radius 2 is 1.20 bits per heavy atom. The van der Waals surface area contributed by atoms with Crippen molar-refractivity contribution in [3.05, 3.63) is 95.5 Å². The van der Waals surface area contributed by atoms with Gasteiger partial charge in [0, 0.05) is 49.6 Å². The maximum absolute atomic E-state index is 14.3. The molecule has 1 aromatic carbocycles. The number of nitrogens with one attached hydrogen (secondary N) is 2. The van der Waals surface area contributed by atoms with Gasteiger partial charge in [0.2, 0.25) is 0 Å². The molecule has 17 heteroatoms. The molecule has 5 rings (SSSR count). The van der Waals surface area contributed by atoms with Crippen molar-refractivity contribution >= 4 is 7.82 Å². The molecule has 6 atom stereocenters. The summed E-state index contributed by atoms with van der Waals surface area (Å²) in [7, 11) is -4.39. The average Bonchev–Trinajstić information content (AvgIpc) is 3.68. The lowest BCUT2D eigenvalue weighted by atomic mass is 10.2. The number of hydrogen-bond acceptors (Lipinski definition) is 12. The number of aromatic amines is 2. The first-order valence-electron chi connectivity index (χ1n) is 16.3. The van der Waals surface area contributed by atoms with Gasteiger partial charge in [0.25, 0.3) is 11.1 Å². The normalized spacial score (nSPS) is 24.0. The largest absolute Gasteiger partial charge is 0.530 e. The van der Waals surface area contributed by atoms with Crippen LogP contribution in [-0.2, 0) is 32.6 Å². The van der Waals surface area contributed by atoms with Crippen LogP contribution in [0.15, 0.2) is 61.9 Å². The quantitative estimate of drug-likeness (QED) is 0.207. The standard InChI is InChI=1S/C32H43N4O12P/c1-5-12-42-23-14-27(35-16-20(3)29(37)33-31(35)39)46-25(23)18-44-49(41,48-22-10-8-7-9-11-22)45-19-26-24(43-13-6-2)15-28(47-26)36-17-21(4)30(38)34-32(36)40/h7-11,16-17,23-28H,5-6,12-15,18-19H2,1-4H3,(H,33,37,39)(H,34,38,40)/t23-,24-,25+,26+,27+,28+/m0/s1. The lowest BCUT2D eigenvalue weighted by Crippen LogP contribution is -2.33. The summed E-state index contributed by atoms with van der Waals surface area (Å²) in [5.74, 6) is 0.226. The predicted molar refractivity (Wildman–Crippen MR) is 176 cm³/mol. The van der Waals surface area contributed by atoms with Gasteiger partial charge >= 0.3 is 19.2 Å². The van der Waals surface area contributed by atoms with Crippen molar-refractivity contribution in [3.8, 4) is 5.75 Å². The fourth-order valence-corrected chi connectivity index (χ4v) is 6.78. The molecule has 2 saturated heterocycles. The molecule has 2 aliphatic heterocycles. The number of ether oxygens (including phenoxy) is 4. The van der Waals surface area contributed by atoms with Gasteiger partial charge in [0.05, 0.1) is 25.4 Å². The van der Waals surface area contributed by atoms with E-state index in [1.54, 1.807) is 44.2 Å². The minimum atomic E-state index is -4.39. The van der Waals surface area contributed by atoms with Gasteiger partial charge in [-0.15, -0.1) is 0 Å². The number of aromatic nitrogens is 4. The Morgan fingerprint density at radius 3 is 1.63 bits per heavy atom. The Kier molecular flexibility index (Phi) is 12.3. The molecule has 2 N–H and O–H groups in total. The Morgan fingerprint density at radius 1 is 0.755 bits per heavy atom. The van der Waals surface area contributed by atoms with Gasteiger partial charge in [-0.1, -0.05) is 32.0 Å². The van der Waals surface area contributed by atoms with Crippen molar-refractivity contribution in [1.29, 1.82) is 0 Å². The van der Waals surface area contributed by atoms with Crippen LogP contribution in [0, 0.1) is 13.8 Å². The summed E-state index contributed by atoms with van der Waals surface area (Å²) in [5, 5.41) is 0. The number of H-pyrrole nitrogens is 2. The van der Waals surface area contributed by atoms with Crippen molar-refractivity contribution < 1.29 is 37.1 Å². The van der Waals surface area contributed by atoms with E-state index < -0.39 is 67.2 Å². The van der Waals surface area contributed by atoms with Crippen LogP contribution in [0.25, 0.3) is 0 Å². The van der Waals surface area contributed by atoms with E-state index >= 15 is 0 Å². The molecule has 0 spiro atoms. The summed E-state index contributed by atoms with van der Waals surface area (Å²) < 4.78 is 58.8. The van der Waals surface area contributed by atoms with Crippen LogP contribution >= 0.6 is 7.82 Å². The van der Waals surface area contributed by atoms with Gasteiger partial charge in [-0.25, -0.2) is 14.2 Å². The zero-order valence-corrected chi connectivity index (χ0v) is 28.8. The summed E-state index contributed by atoms with van der Waals surface area (Å²) in [6.45, 7) is 7.30. The Balaban J connectivity index is 1.34. The van der Waals surface area contributed by atoms with Crippen LogP contribution in [0.3, 0.4) is 0 Å². The Labute approximate surface area is 281 Å². The van der Waals surface area contributed by atoms with Gasteiger partial charge in [-0.2, -0.15) is 0 Å². The van der Waals surface area contributed by atoms with E-state index in [9.17, 15) is 23.7 Å². The van der Waals surface area contributed by atoms with E-state index in [0.29, 0.717) is 24.3 Å². The molecule has 2 aliphatic rings. The van der Waals surface area contributed by atoms with Crippen LogP contribution < -0.4 is 27.0 Å². The monoisotopic (exact) mass is 706 g/mol. The SMILES string of the molecule is CCCO[C@H]1C[C@H](n2cc(C)c(=O)[nH]c2=O)O[C@@H]1COP(=O)(OC[C@H]1O[C@@H](n2cc(C)c(=O)[nH]c2=O)C[C@@H]1OCCC)Oc1ccccc1. The molecule has 3 aromatic rings. The molecule has 0 unspecified atom stereocenters. The van der Waals surface area contributed by atoms with Crippen LogP contribution in [0.4, 0.5) is 0 Å². The minimum Gasteiger partial charge on any atom is -0.404 e. The summed E-state index contributed by atoms with van der Waals surface area (Å²) in [4.78, 5) is 53.7. The highest BCUT2D eigenvalue weighted by molar-refractivity contribution is 7.48. The summed E-state index contributed by atoms with van der Waals surface area (Å²) in [6, 6.07) is 8.36. The van der Waals surface area contributed by atoms with Crippen LogP contribution in [-0.4, -0.2) is 69.9 Å². The Hall–Kier alpha value is -3.63. The number of nitrogens with zero attached hydrogens (tertiary/aromatic N) is 2. The predicted octanol–water partition coefficient (Wildman–Crippen LogP) is 3.09. The van der Waals surface area contributed by atoms with Crippen molar-refractivity contribution in [2.75, 3.05) is 26.4 Å². The van der Waals surface area contributed by atoms with Crippen LogP contribution in [0.5, 0.6) is 5.75 Å². The highest BCUT2D eigenvalue weighted by Crippen LogP contribution is 2.51. The molecule has 268 valence electrons. The fourth-order valence-electron chi connectivity index (χ4n) is 5.56. The smallest absolute Gasteiger partial charge is 0.404 e. The molecule has 16 nitrogen and oxygen atoms in total. The van der Waals surface area contributed by atoms with Crippen molar-refractivity contribution in [1.82, 2.24) is 19.1 Å². The van der Waals surface area contributed by atoms with Crippen LogP contribution in [0.1, 0.15) is 63.1 Å². The Bertz CT molecular complexity index is 1730. The van der Waals surface area contributed by atoms with E-state index in [0.717, 1.165) is 12.8 Å². The topological polar surface area (TPSA) is 191 Å². The maximum Gasteiger partial charge on any atom is 0.530 e. The summed E-state index contributed by atoms with van der Waals surface area (Å²) >= 11 is 0. The first-order valence-corrected chi connectivity index (χ1v) is 17.8. The second-order valence-corrected chi connectivity index (χ2v) is 13.5. The van der Waals surface area contributed by atoms with Crippen molar-refractivity contribution in [2.45, 2.75) is 90.2 Å². The van der Waals surface area contributed by atoms with Gasteiger partial charge in [-0.3, -0.25) is 37.7 Å². The first-order chi connectivity index (χ1) is 23.5. The van der Waals surface area contributed by atoms with Crippen LogP contribution in [0.2, 0.25) is 0 Å². The van der Waals surface area contributed by atoms with Gasteiger partial charge < -0.3 is 23.5 Å². The summed E-state index contributed by atoms with van der Waals surface area (Å²) in [6.07, 6.45) is 0.605. The molecule has 0 amide bonds. The minimum absolute atomic E-state index is 0.226. The third kappa shape index (κ3) is 9.14. The highest BCUT2D eigenvalue weighted by Gasteiger charge is 2.43. The van der Waals surface area contributed by atoms with Gasteiger partial charge in [0.15, 0.2) is 0 Å². The molecule has 2 aromatic heterocycles. The van der Waals surface area contributed by atoms with E-state index in [-0.39, 0.29) is 31.8 Å². The van der Waals surface area contributed by atoms with Crippen molar-refractivity contribution in [2.24, 2.45) is 0 Å². The lowest BCUT2D eigenvalue weighted by Gasteiger charge is -2.25.